The Labute approximate surface area is 111 Å². The van der Waals surface area contributed by atoms with Gasteiger partial charge in [0.2, 0.25) is 0 Å². The molecular weight excluding hydrogens is 246 g/mol. The van der Waals surface area contributed by atoms with Crippen LogP contribution in [0.3, 0.4) is 0 Å². The quantitative estimate of drug-likeness (QED) is 0.492. The summed E-state index contributed by atoms with van der Waals surface area (Å²) in [4.78, 5) is 10.8. The van der Waals surface area contributed by atoms with E-state index in [2.05, 4.69) is 20.5 Å². The Morgan fingerprint density at radius 1 is 1.53 bits per heavy atom. The minimum absolute atomic E-state index is 0.0418. The molecule has 1 unspecified atom stereocenters. The SMILES string of the molecule is CC(CO)N(C)Cc1nc(NN)c2cnn(C)c2n1. The standard InChI is InChI=1S/C11H19N7O/c1-7(6-19)17(2)5-9-14-10(16-12)8-4-13-18(3)11(8)15-9/h4,7,19H,5-6,12H2,1-3H3,(H,14,15,16). The first-order valence-corrected chi connectivity index (χ1v) is 6.03. The molecule has 8 nitrogen and oxygen atoms in total. The zero-order chi connectivity index (χ0) is 14.0. The first-order chi connectivity index (χ1) is 9.06. The van der Waals surface area contributed by atoms with Gasteiger partial charge in [-0.3, -0.25) is 9.58 Å². The minimum atomic E-state index is 0.0418. The van der Waals surface area contributed by atoms with E-state index in [1.54, 1.807) is 10.9 Å². The van der Waals surface area contributed by atoms with E-state index in [0.29, 0.717) is 18.2 Å². The van der Waals surface area contributed by atoms with Crippen LogP contribution in [0.2, 0.25) is 0 Å². The zero-order valence-corrected chi connectivity index (χ0v) is 11.3. The molecule has 0 amide bonds. The number of rotatable bonds is 5. The van der Waals surface area contributed by atoms with Gasteiger partial charge in [0, 0.05) is 13.1 Å². The van der Waals surface area contributed by atoms with E-state index in [1.807, 2.05) is 25.9 Å². The molecule has 2 aromatic rings. The number of aromatic nitrogens is 4. The second-order valence-corrected chi connectivity index (χ2v) is 4.58. The summed E-state index contributed by atoms with van der Waals surface area (Å²) in [5.41, 5.74) is 3.29. The van der Waals surface area contributed by atoms with Crippen LogP contribution < -0.4 is 11.3 Å². The van der Waals surface area contributed by atoms with Gasteiger partial charge in [-0.2, -0.15) is 5.10 Å². The predicted octanol–water partition coefficient (Wildman–Crippen LogP) is -0.538. The van der Waals surface area contributed by atoms with Gasteiger partial charge in [0.1, 0.15) is 5.82 Å². The summed E-state index contributed by atoms with van der Waals surface area (Å²) >= 11 is 0. The first kappa shape index (κ1) is 13.7. The van der Waals surface area contributed by atoms with E-state index in [1.165, 1.54) is 0 Å². The molecule has 19 heavy (non-hydrogen) atoms. The highest BCUT2D eigenvalue weighted by Crippen LogP contribution is 2.19. The average Bonchev–Trinajstić information content (AvgIpc) is 2.78. The number of hydrogen-bond donors (Lipinski definition) is 3. The molecule has 0 spiro atoms. The number of nitrogens with one attached hydrogen (secondary N) is 1. The number of aliphatic hydroxyl groups excluding tert-OH is 1. The summed E-state index contributed by atoms with van der Waals surface area (Å²) in [6, 6.07) is 0.0418. The monoisotopic (exact) mass is 265 g/mol. The third-order valence-electron chi connectivity index (χ3n) is 3.18. The van der Waals surface area contributed by atoms with Crippen LogP contribution in [-0.4, -0.2) is 49.5 Å². The molecule has 0 bridgehead atoms. The number of nitrogen functional groups attached to an aromatic ring is 1. The molecule has 0 saturated carbocycles. The van der Waals surface area contributed by atoms with Gasteiger partial charge in [-0.15, -0.1) is 0 Å². The second-order valence-electron chi connectivity index (χ2n) is 4.58. The molecule has 0 aromatic carbocycles. The van der Waals surface area contributed by atoms with Gasteiger partial charge in [-0.05, 0) is 14.0 Å². The largest absolute Gasteiger partial charge is 0.395 e. The maximum atomic E-state index is 9.14. The lowest BCUT2D eigenvalue weighted by molar-refractivity contribution is 0.151. The lowest BCUT2D eigenvalue weighted by Gasteiger charge is -2.21. The second kappa shape index (κ2) is 5.47. The summed E-state index contributed by atoms with van der Waals surface area (Å²) in [5.74, 6) is 6.67. The Bertz CT molecular complexity index is 567. The Balaban J connectivity index is 2.36. The number of likely N-dealkylation sites (N-methyl/N-ethyl adjacent to an activating group) is 1. The fourth-order valence-corrected chi connectivity index (χ4v) is 1.77. The van der Waals surface area contributed by atoms with Gasteiger partial charge in [0.05, 0.1) is 24.7 Å². The number of anilines is 1. The van der Waals surface area contributed by atoms with Crippen molar-refractivity contribution in [2.75, 3.05) is 19.1 Å². The van der Waals surface area contributed by atoms with Crippen LogP contribution in [0.15, 0.2) is 6.20 Å². The summed E-state index contributed by atoms with van der Waals surface area (Å²) in [5, 5.41) is 14.1. The minimum Gasteiger partial charge on any atom is -0.395 e. The number of nitrogens with zero attached hydrogens (tertiary/aromatic N) is 5. The summed E-state index contributed by atoms with van der Waals surface area (Å²) in [6.45, 7) is 2.55. The fraction of sp³-hybridized carbons (Fsp3) is 0.545. The van der Waals surface area contributed by atoms with Gasteiger partial charge in [-0.25, -0.2) is 15.8 Å². The molecule has 0 aliphatic carbocycles. The van der Waals surface area contributed by atoms with Crippen molar-refractivity contribution < 1.29 is 5.11 Å². The zero-order valence-electron chi connectivity index (χ0n) is 11.3. The number of nitrogens with two attached hydrogens (primary N) is 1. The van der Waals surface area contributed by atoms with Crippen molar-refractivity contribution in [1.29, 1.82) is 0 Å². The third kappa shape index (κ3) is 2.65. The van der Waals surface area contributed by atoms with Crippen LogP contribution in [-0.2, 0) is 13.6 Å². The fourth-order valence-electron chi connectivity index (χ4n) is 1.77. The highest BCUT2D eigenvalue weighted by molar-refractivity contribution is 5.86. The van der Waals surface area contributed by atoms with Crippen molar-refractivity contribution in [2.24, 2.45) is 12.9 Å². The Kier molecular flexibility index (Phi) is 3.93. The van der Waals surface area contributed by atoms with E-state index in [0.717, 1.165) is 11.0 Å². The molecule has 1 atom stereocenters. The number of aliphatic hydroxyl groups is 1. The van der Waals surface area contributed by atoms with Crippen LogP contribution >= 0.6 is 0 Å². The third-order valence-corrected chi connectivity index (χ3v) is 3.18. The molecule has 8 heteroatoms. The lowest BCUT2D eigenvalue weighted by Crippen LogP contribution is -2.32. The Hall–Kier alpha value is -1.77. The normalized spacial score (nSPS) is 13.2. The number of hydrazine groups is 1. The van der Waals surface area contributed by atoms with Gasteiger partial charge >= 0.3 is 0 Å². The predicted molar refractivity (Wildman–Crippen MR) is 72.1 cm³/mol. The van der Waals surface area contributed by atoms with Crippen molar-refractivity contribution in [3.63, 3.8) is 0 Å². The average molecular weight is 265 g/mol. The topological polar surface area (TPSA) is 105 Å². The first-order valence-electron chi connectivity index (χ1n) is 6.03. The van der Waals surface area contributed by atoms with E-state index in [-0.39, 0.29) is 12.6 Å². The molecule has 2 aromatic heterocycles. The molecule has 2 heterocycles. The van der Waals surface area contributed by atoms with Gasteiger partial charge < -0.3 is 10.5 Å². The molecule has 0 aliphatic heterocycles. The van der Waals surface area contributed by atoms with Gasteiger partial charge in [0.15, 0.2) is 11.5 Å². The highest BCUT2D eigenvalue weighted by Gasteiger charge is 2.14. The molecule has 0 aliphatic rings. The van der Waals surface area contributed by atoms with Crippen molar-refractivity contribution in [3.8, 4) is 0 Å². The molecule has 2 rings (SSSR count). The van der Waals surface area contributed by atoms with Gasteiger partial charge in [-0.1, -0.05) is 0 Å². The van der Waals surface area contributed by atoms with E-state index in [4.69, 9.17) is 10.9 Å². The van der Waals surface area contributed by atoms with Crippen molar-refractivity contribution in [2.45, 2.75) is 19.5 Å². The van der Waals surface area contributed by atoms with Crippen molar-refractivity contribution >= 4 is 16.9 Å². The lowest BCUT2D eigenvalue weighted by atomic mass is 10.3. The van der Waals surface area contributed by atoms with Crippen LogP contribution in [0.1, 0.15) is 12.7 Å². The van der Waals surface area contributed by atoms with E-state index < -0.39 is 0 Å². The summed E-state index contributed by atoms with van der Waals surface area (Å²) < 4.78 is 1.68. The van der Waals surface area contributed by atoms with E-state index >= 15 is 0 Å². The van der Waals surface area contributed by atoms with Crippen LogP contribution in [0, 0.1) is 0 Å². The molecule has 4 N–H and O–H groups in total. The van der Waals surface area contributed by atoms with E-state index in [9.17, 15) is 0 Å². The Morgan fingerprint density at radius 3 is 2.89 bits per heavy atom. The van der Waals surface area contributed by atoms with Gasteiger partial charge in [0.25, 0.3) is 0 Å². The molecule has 0 saturated heterocycles. The molecule has 0 fully saturated rings. The number of fused-ring (bicyclic) bond motifs is 1. The smallest absolute Gasteiger partial charge is 0.163 e. The van der Waals surface area contributed by atoms with Crippen LogP contribution in [0.4, 0.5) is 5.82 Å². The van der Waals surface area contributed by atoms with Crippen LogP contribution in [0.25, 0.3) is 11.0 Å². The number of aryl methyl sites for hydroxylation is 1. The summed E-state index contributed by atoms with van der Waals surface area (Å²) in [7, 11) is 3.73. The Morgan fingerprint density at radius 2 is 2.26 bits per heavy atom. The molecule has 0 radical (unpaired) electrons. The maximum Gasteiger partial charge on any atom is 0.163 e. The van der Waals surface area contributed by atoms with Crippen molar-refractivity contribution in [1.82, 2.24) is 24.6 Å². The molecule has 104 valence electrons. The highest BCUT2D eigenvalue weighted by atomic mass is 16.3. The summed E-state index contributed by atoms with van der Waals surface area (Å²) in [6.07, 6.45) is 1.67. The molecular formula is C11H19N7O. The number of hydrogen-bond acceptors (Lipinski definition) is 7. The maximum absolute atomic E-state index is 9.14. The van der Waals surface area contributed by atoms with Crippen molar-refractivity contribution in [3.05, 3.63) is 12.0 Å². The van der Waals surface area contributed by atoms with Crippen LogP contribution in [0.5, 0.6) is 0 Å².